The minimum atomic E-state index is 0.0181. The smallest absolute Gasteiger partial charge is 0.142 e. The third-order valence-corrected chi connectivity index (χ3v) is 3.41. The summed E-state index contributed by atoms with van der Waals surface area (Å²) in [6.07, 6.45) is 0.561. The van der Waals surface area contributed by atoms with Crippen LogP contribution in [0.2, 0.25) is 0 Å². The first kappa shape index (κ1) is 13.1. The molecule has 1 aliphatic rings. The molecule has 1 aliphatic heterocycles. The van der Waals surface area contributed by atoms with Crippen LogP contribution in [0.3, 0.4) is 0 Å². The fraction of sp³-hybridized carbons (Fsp3) is 0.533. The molecule has 0 aromatic heterocycles. The summed E-state index contributed by atoms with van der Waals surface area (Å²) in [6, 6.07) is 6.47. The molecular formula is C15H21NO2. The van der Waals surface area contributed by atoms with Gasteiger partial charge in [-0.1, -0.05) is 6.07 Å². The van der Waals surface area contributed by atoms with Gasteiger partial charge in [0, 0.05) is 25.7 Å². The number of aryl methyl sites for hydroxylation is 2. The van der Waals surface area contributed by atoms with Crippen LogP contribution >= 0.6 is 0 Å². The maximum Gasteiger partial charge on any atom is 0.142 e. The molecule has 1 heterocycles. The molecule has 0 N–H and O–H groups in total. The highest BCUT2D eigenvalue weighted by molar-refractivity contribution is 5.82. The van der Waals surface area contributed by atoms with E-state index >= 15 is 0 Å². The number of nitrogens with zero attached hydrogens (tertiary/aromatic N) is 1. The summed E-state index contributed by atoms with van der Waals surface area (Å²) < 4.78 is 5.39. The van der Waals surface area contributed by atoms with E-state index in [-0.39, 0.29) is 5.92 Å². The maximum atomic E-state index is 11.8. The van der Waals surface area contributed by atoms with Crippen LogP contribution in [0.5, 0.6) is 0 Å². The number of anilines is 1. The first-order valence-corrected chi connectivity index (χ1v) is 6.46. The molecule has 0 aliphatic carbocycles. The van der Waals surface area contributed by atoms with Gasteiger partial charge < -0.3 is 9.64 Å². The van der Waals surface area contributed by atoms with Crippen molar-refractivity contribution in [1.82, 2.24) is 0 Å². The van der Waals surface area contributed by atoms with Gasteiger partial charge in [-0.2, -0.15) is 0 Å². The second-order valence-electron chi connectivity index (χ2n) is 5.21. The van der Waals surface area contributed by atoms with Crippen molar-refractivity contribution < 1.29 is 9.53 Å². The molecule has 3 nitrogen and oxygen atoms in total. The predicted molar refractivity (Wildman–Crippen MR) is 73.1 cm³/mol. The summed E-state index contributed by atoms with van der Waals surface area (Å²) in [5, 5.41) is 0. The predicted octanol–water partition coefficient (Wildman–Crippen LogP) is 2.35. The normalized spacial score (nSPS) is 19.9. The van der Waals surface area contributed by atoms with E-state index in [0.717, 1.165) is 6.54 Å². The molecule has 0 bridgehead atoms. The first-order valence-electron chi connectivity index (χ1n) is 6.46. The van der Waals surface area contributed by atoms with Crippen molar-refractivity contribution >= 4 is 11.5 Å². The number of Topliss-reactive ketones (excluding diaryl/α,β-unsaturated/α-hetero) is 1. The Bertz CT molecular complexity index is 422. The molecule has 0 saturated carbocycles. The van der Waals surface area contributed by atoms with E-state index in [2.05, 4.69) is 36.9 Å². The van der Waals surface area contributed by atoms with E-state index in [4.69, 9.17) is 4.74 Å². The maximum absolute atomic E-state index is 11.8. The summed E-state index contributed by atoms with van der Waals surface area (Å²) >= 11 is 0. The van der Waals surface area contributed by atoms with Gasteiger partial charge in [0.1, 0.15) is 5.78 Å². The molecule has 1 aromatic rings. The van der Waals surface area contributed by atoms with Crippen molar-refractivity contribution in [2.45, 2.75) is 20.3 Å². The highest BCUT2D eigenvalue weighted by atomic mass is 16.5. The lowest BCUT2D eigenvalue weighted by Crippen LogP contribution is -2.37. The number of ether oxygens (including phenoxy) is 1. The second kappa shape index (κ2) is 5.53. The Hall–Kier alpha value is -1.35. The van der Waals surface area contributed by atoms with Crippen molar-refractivity contribution in [1.29, 1.82) is 0 Å². The van der Waals surface area contributed by atoms with Gasteiger partial charge in [-0.05, 0) is 37.1 Å². The van der Waals surface area contributed by atoms with Crippen LogP contribution in [0.15, 0.2) is 18.2 Å². The van der Waals surface area contributed by atoms with Gasteiger partial charge in [-0.3, -0.25) is 4.79 Å². The van der Waals surface area contributed by atoms with Crippen LogP contribution in [0.1, 0.15) is 17.5 Å². The minimum absolute atomic E-state index is 0.0181. The average molecular weight is 247 g/mol. The van der Waals surface area contributed by atoms with Gasteiger partial charge in [-0.15, -0.1) is 0 Å². The Balaban J connectivity index is 2.06. The topological polar surface area (TPSA) is 29.5 Å². The fourth-order valence-corrected chi connectivity index (χ4v) is 2.46. The number of hydrogen-bond donors (Lipinski definition) is 0. The first-order chi connectivity index (χ1) is 8.56. The number of benzene rings is 1. The zero-order chi connectivity index (χ0) is 13.1. The van der Waals surface area contributed by atoms with Crippen molar-refractivity contribution in [3.63, 3.8) is 0 Å². The summed E-state index contributed by atoms with van der Waals surface area (Å²) in [4.78, 5) is 13.9. The van der Waals surface area contributed by atoms with Crippen LogP contribution in [-0.4, -0.2) is 32.6 Å². The summed E-state index contributed by atoms with van der Waals surface area (Å²) in [7, 11) is 2.04. The molecule has 1 saturated heterocycles. The number of hydrogen-bond acceptors (Lipinski definition) is 3. The number of ketones is 1. The molecular weight excluding hydrogens is 226 g/mol. The SMILES string of the molecule is Cc1cc(C)cc(N(C)CC2COCCC2=O)c1. The molecule has 0 amide bonds. The van der Waals surface area contributed by atoms with Crippen LogP contribution in [-0.2, 0) is 9.53 Å². The quantitative estimate of drug-likeness (QED) is 0.821. The third kappa shape index (κ3) is 3.10. The van der Waals surface area contributed by atoms with E-state index in [0.29, 0.717) is 25.4 Å². The summed E-state index contributed by atoms with van der Waals surface area (Å²) in [6.45, 7) is 6.08. The Labute approximate surface area is 109 Å². The standard InChI is InChI=1S/C15H21NO2/c1-11-6-12(2)8-14(7-11)16(3)9-13-10-18-5-4-15(13)17/h6-8,13H,4-5,9-10H2,1-3H3. The lowest BCUT2D eigenvalue weighted by molar-refractivity contribution is -0.129. The Morgan fingerprint density at radius 2 is 1.94 bits per heavy atom. The fourth-order valence-electron chi connectivity index (χ4n) is 2.46. The lowest BCUT2D eigenvalue weighted by Gasteiger charge is -2.28. The van der Waals surface area contributed by atoms with Gasteiger partial charge in [-0.25, -0.2) is 0 Å². The van der Waals surface area contributed by atoms with E-state index in [1.807, 2.05) is 7.05 Å². The highest BCUT2D eigenvalue weighted by Gasteiger charge is 2.24. The molecule has 2 rings (SSSR count). The van der Waals surface area contributed by atoms with Gasteiger partial charge in [0.2, 0.25) is 0 Å². The monoisotopic (exact) mass is 247 g/mol. The molecule has 3 heteroatoms. The molecule has 1 atom stereocenters. The molecule has 1 unspecified atom stereocenters. The largest absolute Gasteiger partial charge is 0.380 e. The number of rotatable bonds is 3. The third-order valence-electron chi connectivity index (χ3n) is 3.41. The van der Waals surface area contributed by atoms with Crippen molar-refractivity contribution in [3.8, 4) is 0 Å². The zero-order valence-corrected chi connectivity index (χ0v) is 11.4. The van der Waals surface area contributed by atoms with E-state index in [9.17, 15) is 4.79 Å². The minimum Gasteiger partial charge on any atom is -0.380 e. The van der Waals surface area contributed by atoms with Crippen LogP contribution < -0.4 is 4.90 Å². The van der Waals surface area contributed by atoms with Gasteiger partial charge in [0.15, 0.2) is 0 Å². The van der Waals surface area contributed by atoms with Crippen LogP contribution in [0.25, 0.3) is 0 Å². The van der Waals surface area contributed by atoms with Crippen LogP contribution in [0, 0.1) is 19.8 Å². The molecule has 98 valence electrons. The lowest BCUT2D eigenvalue weighted by atomic mass is 9.99. The molecule has 0 spiro atoms. The van der Waals surface area contributed by atoms with Crippen molar-refractivity contribution in [2.24, 2.45) is 5.92 Å². The Morgan fingerprint density at radius 3 is 2.56 bits per heavy atom. The van der Waals surface area contributed by atoms with Crippen molar-refractivity contribution in [3.05, 3.63) is 29.3 Å². The second-order valence-corrected chi connectivity index (χ2v) is 5.21. The molecule has 1 fully saturated rings. The zero-order valence-electron chi connectivity index (χ0n) is 11.4. The highest BCUT2D eigenvalue weighted by Crippen LogP contribution is 2.20. The Morgan fingerprint density at radius 1 is 1.28 bits per heavy atom. The molecule has 0 radical (unpaired) electrons. The van der Waals surface area contributed by atoms with Crippen LogP contribution in [0.4, 0.5) is 5.69 Å². The number of carbonyl (C=O) groups is 1. The summed E-state index contributed by atoms with van der Waals surface area (Å²) in [5.41, 5.74) is 3.68. The van der Waals surface area contributed by atoms with E-state index < -0.39 is 0 Å². The van der Waals surface area contributed by atoms with Gasteiger partial charge >= 0.3 is 0 Å². The van der Waals surface area contributed by atoms with Gasteiger partial charge in [0.05, 0.1) is 19.1 Å². The summed E-state index contributed by atoms with van der Waals surface area (Å²) in [5.74, 6) is 0.349. The number of carbonyl (C=O) groups excluding carboxylic acids is 1. The molecule has 1 aromatic carbocycles. The molecule has 18 heavy (non-hydrogen) atoms. The van der Waals surface area contributed by atoms with E-state index in [1.54, 1.807) is 0 Å². The van der Waals surface area contributed by atoms with Crippen molar-refractivity contribution in [2.75, 3.05) is 31.7 Å². The van der Waals surface area contributed by atoms with E-state index in [1.165, 1.54) is 16.8 Å². The van der Waals surface area contributed by atoms with Gasteiger partial charge in [0.25, 0.3) is 0 Å². The average Bonchev–Trinajstić information content (AvgIpc) is 2.31. The Kier molecular flexibility index (Phi) is 4.02.